The minimum absolute atomic E-state index is 0.280. The first kappa shape index (κ1) is 15.1. The lowest BCUT2D eigenvalue weighted by atomic mass is 10.0. The van der Waals surface area contributed by atoms with E-state index in [2.05, 4.69) is 9.97 Å². The van der Waals surface area contributed by atoms with E-state index in [4.69, 9.17) is 5.73 Å². The summed E-state index contributed by atoms with van der Waals surface area (Å²) < 4.78 is 13.3. The molecule has 1 aliphatic rings. The van der Waals surface area contributed by atoms with E-state index in [1.54, 1.807) is 30.4 Å². The summed E-state index contributed by atoms with van der Waals surface area (Å²) >= 11 is 0. The average Bonchev–Trinajstić information content (AvgIpc) is 2.77. The van der Waals surface area contributed by atoms with E-state index in [0.717, 1.165) is 17.0 Å². The van der Waals surface area contributed by atoms with Gasteiger partial charge in [-0.15, -0.1) is 0 Å². The standard InChI is InChI=1S/C18H16FN3O/c1-2-14-17(11-4-3-5-13(19)8-6-11)22-15-9-7-12(18(20)23)10-16(15)21-14/h3,5-10H,2,4H2,1H3,(H2,20,23). The molecule has 1 aromatic heterocycles. The molecule has 1 aromatic carbocycles. The van der Waals surface area contributed by atoms with Crippen LogP contribution in [-0.2, 0) is 6.42 Å². The van der Waals surface area contributed by atoms with Crippen LogP contribution in [0.15, 0.2) is 48.3 Å². The molecule has 0 saturated carbocycles. The van der Waals surface area contributed by atoms with Crippen LogP contribution in [0.2, 0.25) is 0 Å². The summed E-state index contributed by atoms with van der Waals surface area (Å²) in [5.74, 6) is -0.772. The second-order valence-corrected chi connectivity index (χ2v) is 5.29. The highest BCUT2D eigenvalue weighted by molar-refractivity contribution is 5.96. The summed E-state index contributed by atoms with van der Waals surface area (Å²) in [6.07, 6.45) is 7.67. The Kier molecular flexibility index (Phi) is 4.02. The number of allylic oxidation sites excluding steroid dienone is 6. The number of rotatable bonds is 3. The minimum Gasteiger partial charge on any atom is -0.366 e. The first-order valence-electron chi connectivity index (χ1n) is 7.42. The smallest absolute Gasteiger partial charge is 0.248 e. The summed E-state index contributed by atoms with van der Waals surface area (Å²) in [5.41, 5.74) is 9.52. The van der Waals surface area contributed by atoms with Crippen molar-refractivity contribution in [3.05, 3.63) is 65.3 Å². The topological polar surface area (TPSA) is 68.9 Å². The van der Waals surface area contributed by atoms with Gasteiger partial charge in [-0.25, -0.2) is 14.4 Å². The van der Waals surface area contributed by atoms with E-state index in [0.29, 0.717) is 29.4 Å². The van der Waals surface area contributed by atoms with Gasteiger partial charge in [0.15, 0.2) is 0 Å². The number of aromatic nitrogens is 2. The van der Waals surface area contributed by atoms with Crippen LogP contribution in [0, 0.1) is 0 Å². The van der Waals surface area contributed by atoms with Gasteiger partial charge < -0.3 is 5.73 Å². The van der Waals surface area contributed by atoms with Crippen LogP contribution in [0.1, 0.15) is 35.1 Å². The van der Waals surface area contributed by atoms with Crippen molar-refractivity contribution >= 4 is 22.5 Å². The van der Waals surface area contributed by atoms with Gasteiger partial charge in [-0.3, -0.25) is 4.79 Å². The van der Waals surface area contributed by atoms with Gasteiger partial charge in [-0.1, -0.05) is 19.1 Å². The monoisotopic (exact) mass is 309 g/mol. The lowest BCUT2D eigenvalue weighted by Crippen LogP contribution is -2.11. The molecule has 0 bridgehead atoms. The van der Waals surface area contributed by atoms with Gasteiger partial charge in [0.1, 0.15) is 5.83 Å². The van der Waals surface area contributed by atoms with Crippen molar-refractivity contribution in [1.82, 2.24) is 9.97 Å². The molecule has 2 aromatic rings. The fraction of sp³-hybridized carbons (Fsp3) is 0.167. The second-order valence-electron chi connectivity index (χ2n) is 5.29. The Hall–Kier alpha value is -2.82. The summed E-state index contributed by atoms with van der Waals surface area (Å²) in [5, 5.41) is 0. The fourth-order valence-corrected chi connectivity index (χ4v) is 2.53. The fourth-order valence-electron chi connectivity index (χ4n) is 2.53. The molecule has 0 radical (unpaired) electrons. The molecule has 1 heterocycles. The van der Waals surface area contributed by atoms with Crippen molar-refractivity contribution in [2.45, 2.75) is 19.8 Å². The van der Waals surface area contributed by atoms with Gasteiger partial charge in [0.2, 0.25) is 5.91 Å². The molecule has 0 spiro atoms. The van der Waals surface area contributed by atoms with Gasteiger partial charge in [0.05, 0.1) is 22.4 Å². The first-order chi connectivity index (χ1) is 11.1. The molecule has 23 heavy (non-hydrogen) atoms. The number of primary amides is 1. The Morgan fingerprint density at radius 3 is 2.83 bits per heavy atom. The van der Waals surface area contributed by atoms with Crippen molar-refractivity contribution in [2.24, 2.45) is 5.73 Å². The molecular formula is C18H16FN3O. The summed E-state index contributed by atoms with van der Waals surface area (Å²) in [4.78, 5) is 20.6. The van der Waals surface area contributed by atoms with E-state index in [1.165, 1.54) is 12.2 Å². The molecule has 3 rings (SSSR count). The highest BCUT2D eigenvalue weighted by Crippen LogP contribution is 2.26. The number of benzene rings is 1. The van der Waals surface area contributed by atoms with Crippen molar-refractivity contribution in [3.63, 3.8) is 0 Å². The highest BCUT2D eigenvalue weighted by Gasteiger charge is 2.13. The number of nitrogens with zero attached hydrogens (tertiary/aromatic N) is 2. The Labute approximate surface area is 133 Å². The third kappa shape index (κ3) is 3.04. The number of amides is 1. The third-order valence-corrected chi connectivity index (χ3v) is 3.72. The van der Waals surface area contributed by atoms with Gasteiger partial charge in [-0.2, -0.15) is 0 Å². The van der Waals surface area contributed by atoms with Crippen molar-refractivity contribution in [3.8, 4) is 0 Å². The van der Waals surface area contributed by atoms with E-state index in [1.807, 2.05) is 6.92 Å². The Bertz CT molecular complexity index is 881. The van der Waals surface area contributed by atoms with Crippen LogP contribution in [-0.4, -0.2) is 15.9 Å². The molecule has 1 aliphatic carbocycles. The number of fused-ring (bicyclic) bond motifs is 1. The van der Waals surface area contributed by atoms with Crippen molar-refractivity contribution < 1.29 is 9.18 Å². The quantitative estimate of drug-likeness (QED) is 0.943. The van der Waals surface area contributed by atoms with Crippen LogP contribution >= 0.6 is 0 Å². The Balaban J connectivity index is 2.16. The molecule has 5 heteroatoms. The molecule has 0 atom stereocenters. The van der Waals surface area contributed by atoms with Gasteiger partial charge in [0, 0.05) is 5.56 Å². The maximum Gasteiger partial charge on any atom is 0.248 e. The Morgan fingerprint density at radius 2 is 2.09 bits per heavy atom. The third-order valence-electron chi connectivity index (χ3n) is 3.72. The number of aryl methyl sites for hydroxylation is 1. The molecule has 0 aliphatic heterocycles. The maximum atomic E-state index is 13.3. The maximum absolute atomic E-state index is 13.3. The van der Waals surface area contributed by atoms with E-state index >= 15 is 0 Å². The highest BCUT2D eigenvalue weighted by atomic mass is 19.1. The van der Waals surface area contributed by atoms with E-state index < -0.39 is 5.91 Å². The average molecular weight is 309 g/mol. The SMILES string of the molecule is CCc1nc2cc(C(N)=O)ccc2nc1C1=CC=C(F)C=CC1. The normalized spacial score (nSPS) is 14.3. The van der Waals surface area contributed by atoms with E-state index in [9.17, 15) is 9.18 Å². The summed E-state index contributed by atoms with van der Waals surface area (Å²) in [6, 6.07) is 5.01. The lowest BCUT2D eigenvalue weighted by Gasteiger charge is -2.10. The van der Waals surface area contributed by atoms with Gasteiger partial charge in [-0.05, 0) is 48.8 Å². The zero-order valence-corrected chi connectivity index (χ0v) is 12.7. The van der Waals surface area contributed by atoms with E-state index in [-0.39, 0.29) is 5.83 Å². The number of carbonyl (C=O) groups excluding carboxylic acids is 1. The van der Waals surface area contributed by atoms with Crippen LogP contribution in [0.3, 0.4) is 0 Å². The van der Waals surface area contributed by atoms with Crippen molar-refractivity contribution in [1.29, 1.82) is 0 Å². The number of hydrogen-bond donors (Lipinski definition) is 1. The number of halogens is 1. The largest absolute Gasteiger partial charge is 0.366 e. The molecule has 1 amide bonds. The number of nitrogens with two attached hydrogens (primary N) is 1. The number of hydrogen-bond acceptors (Lipinski definition) is 3. The molecule has 4 nitrogen and oxygen atoms in total. The van der Waals surface area contributed by atoms with Crippen LogP contribution in [0.4, 0.5) is 4.39 Å². The van der Waals surface area contributed by atoms with Crippen LogP contribution in [0.5, 0.6) is 0 Å². The van der Waals surface area contributed by atoms with Crippen LogP contribution < -0.4 is 5.73 Å². The van der Waals surface area contributed by atoms with Crippen molar-refractivity contribution in [2.75, 3.05) is 0 Å². The number of carbonyl (C=O) groups is 1. The Morgan fingerprint density at radius 1 is 1.26 bits per heavy atom. The molecule has 0 unspecified atom stereocenters. The second kappa shape index (κ2) is 6.12. The zero-order chi connectivity index (χ0) is 16.4. The lowest BCUT2D eigenvalue weighted by molar-refractivity contribution is 0.100. The minimum atomic E-state index is -0.493. The molecule has 116 valence electrons. The first-order valence-corrected chi connectivity index (χ1v) is 7.42. The molecule has 0 saturated heterocycles. The predicted octanol–water partition coefficient (Wildman–Crippen LogP) is 3.49. The van der Waals surface area contributed by atoms with Gasteiger partial charge >= 0.3 is 0 Å². The predicted molar refractivity (Wildman–Crippen MR) is 88.4 cm³/mol. The summed E-state index contributed by atoms with van der Waals surface area (Å²) in [7, 11) is 0. The van der Waals surface area contributed by atoms with Crippen LogP contribution in [0.25, 0.3) is 16.6 Å². The molecule has 2 N–H and O–H groups in total. The molecular weight excluding hydrogens is 293 g/mol. The summed E-state index contributed by atoms with van der Waals surface area (Å²) in [6.45, 7) is 1.99. The molecule has 0 fully saturated rings. The zero-order valence-electron chi connectivity index (χ0n) is 12.7. The van der Waals surface area contributed by atoms with Gasteiger partial charge in [0.25, 0.3) is 0 Å².